The topological polar surface area (TPSA) is 84.7 Å². The van der Waals surface area contributed by atoms with Gasteiger partial charge in [-0.2, -0.15) is 0 Å². The Morgan fingerprint density at radius 2 is 2.00 bits per heavy atom. The van der Waals surface area contributed by atoms with Crippen molar-refractivity contribution in [1.82, 2.24) is 0 Å². The molecule has 1 aliphatic rings. The van der Waals surface area contributed by atoms with Gasteiger partial charge in [-0.25, -0.2) is 0 Å². The Kier molecular flexibility index (Phi) is 5.75. The van der Waals surface area contributed by atoms with Crippen LogP contribution in [-0.4, -0.2) is 31.5 Å². The number of nitrogens with one attached hydrogen (secondary N) is 1. The van der Waals surface area contributed by atoms with Crippen molar-refractivity contribution in [2.75, 3.05) is 29.9 Å². The van der Waals surface area contributed by atoms with E-state index in [9.17, 15) is 9.59 Å². The lowest BCUT2D eigenvalue weighted by atomic mass is 10.1. The minimum absolute atomic E-state index is 0.0618. The molecule has 0 aliphatic carbocycles. The van der Waals surface area contributed by atoms with Crippen LogP contribution in [0.4, 0.5) is 11.4 Å². The van der Waals surface area contributed by atoms with Crippen molar-refractivity contribution in [2.45, 2.75) is 12.8 Å². The molecule has 2 aromatic rings. The maximum absolute atomic E-state index is 12.6. The van der Waals surface area contributed by atoms with Crippen molar-refractivity contribution in [3.63, 3.8) is 0 Å². The number of hydrogen-bond donors (Lipinski definition) is 2. The number of carbonyl (C=O) groups is 2. The molecular formula is C19H20ClN3O3. The molecule has 136 valence electrons. The molecule has 0 unspecified atom stereocenters. The molecule has 0 saturated carbocycles. The normalized spacial score (nSPS) is 13.8. The van der Waals surface area contributed by atoms with Crippen LogP contribution in [0, 0.1) is 0 Å². The van der Waals surface area contributed by atoms with Crippen LogP contribution in [0.3, 0.4) is 0 Å². The second kappa shape index (κ2) is 8.21. The third kappa shape index (κ3) is 4.15. The largest absolute Gasteiger partial charge is 0.492 e. The fourth-order valence-corrected chi connectivity index (χ4v) is 2.99. The van der Waals surface area contributed by atoms with Gasteiger partial charge in [-0.05, 0) is 48.9 Å². The van der Waals surface area contributed by atoms with E-state index < -0.39 is 0 Å². The number of benzene rings is 2. The van der Waals surface area contributed by atoms with Gasteiger partial charge in [0.15, 0.2) is 0 Å². The number of carbonyl (C=O) groups excluding carboxylic acids is 2. The number of hydrogen-bond acceptors (Lipinski definition) is 4. The van der Waals surface area contributed by atoms with Gasteiger partial charge >= 0.3 is 0 Å². The molecule has 1 heterocycles. The molecule has 2 aromatic carbocycles. The van der Waals surface area contributed by atoms with Crippen molar-refractivity contribution in [2.24, 2.45) is 5.73 Å². The summed E-state index contributed by atoms with van der Waals surface area (Å²) >= 11 is 6.19. The highest BCUT2D eigenvalue weighted by atomic mass is 35.5. The van der Waals surface area contributed by atoms with E-state index in [1.54, 1.807) is 47.4 Å². The van der Waals surface area contributed by atoms with E-state index in [1.165, 1.54) is 0 Å². The lowest BCUT2D eigenvalue weighted by molar-refractivity contribution is -0.117. The summed E-state index contributed by atoms with van der Waals surface area (Å²) in [5, 5.41) is 3.14. The van der Waals surface area contributed by atoms with E-state index in [2.05, 4.69) is 5.32 Å². The van der Waals surface area contributed by atoms with Crippen LogP contribution < -0.4 is 20.7 Å². The minimum Gasteiger partial charge on any atom is -0.492 e. The molecule has 7 heteroatoms. The summed E-state index contributed by atoms with van der Waals surface area (Å²) in [5.74, 6) is 0.409. The highest BCUT2D eigenvalue weighted by Crippen LogP contribution is 2.27. The zero-order valence-corrected chi connectivity index (χ0v) is 15.0. The first kappa shape index (κ1) is 18.2. The van der Waals surface area contributed by atoms with Crippen LogP contribution in [0.25, 0.3) is 0 Å². The zero-order valence-electron chi connectivity index (χ0n) is 14.2. The molecule has 1 aliphatic heterocycles. The lowest BCUT2D eigenvalue weighted by Crippen LogP contribution is -2.24. The average molecular weight is 374 g/mol. The van der Waals surface area contributed by atoms with Gasteiger partial charge in [-0.3, -0.25) is 9.59 Å². The molecule has 3 rings (SSSR count). The highest BCUT2D eigenvalue weighted by Gasteiger charge is 2.23. The van der Waals surface area contributed by atoms with Crippen molar-refractivity contribution in [3.8, 4) is 5.75 Å². The maximum Gasteiger partial charge on any atom is 0.257 e. The number of ether oxygens (including phenoxy) is 1. The molecule has 26 heavy (non-hydrogen) atoms. The standard InChI is InChI=1S/C19H20ClN3O3/c20-17-8-5-14(23-10-1-2-18(23)24)12-16(17)19(25)22-13-3-6-15(7-4-13)26-11-9-21/h3-8,12H,1-2,9-11,21H2,(H,22,25). The van der Waals surface area contributed by atoms with Crippen LogP contribution in [0.1, 0.15) is 23.2 Å². The lowest BCUT2D eigenvalue weighted by Gasteiger charge is -2.17. The average Bonchev–Trinajstić information content (AvgIpc) is 3.07. The predicted octanol–water partition coefficient (Wildman–Crippen LogP) is 3.06. The molecule has 0 spiro atoms. The summed E-state index contributed by atoms with van der Waals surface area (Å²) in [4.78, 5) is 26.2. The monoisotopic (exact) mass is 373 g/mol. The molecule has 1 saturated heterocycles. The fourth-order valence-electron chi connectivity index (χ4n) is 2.79. The van der Waals surface area contributed by atoms with Gasteiger partial charge in [-0.15, -0.1) is 0 Å². The Bertz CT molecular complexity index is 808. The number of nitrogens with zero attached hydrogens (tertiary/aromatic N) is 1. The van der Waals surface area contributed by atoms with E-state index in [0.29, 0.717) is 53.8 Å². The van der Waals surface area contributed by atoms with Crippen molar-refractivity contribution in [3.05, 3.63) is 53.1 Å². The van der Waals surface area contributed by atoms with E-state index >= 15 is 0 Å². The Morgan fingerprint density at radius 1 is 1.23 bits per heavy atom. The van der Waals surface area contributed by atoms with Crippen LogP contribution >= 0.6 is 11.6 Å². The fraction of sp³-hybridized carbons (Fsp3) is 0.263. The molecular weight excluding hydrogens is 354 g/mol. The van der Waals surface area contributed by atoms with Gasteiger partial charge in [-0.1, -0.05) is 11.6 Å². The molecule has 6 nitrogen and oxygen atoms in total. The quantitative estimate of drug-likeness (QED) is 0.815. The van der Waals surface area contributed by atoms with Crippen LogP contribution in [-0.2, 0) is 4.79 Å². The summed E-state index contributed by atoms with van der Waals surface area (Å²) in [7, 11) is 0. The highest BCUT2D eigenvalue weighted by molar-refractivity contribution is 6.34. The zero-order chi connectivity index (χ0) is 18.5. The summed E-state index contributed by atoms with van der Waals surface area (Å²) < 4.78 is 5.41. The number of amides is 2. The molecule has 0 radical (unpaired) electrons. The summed E-state index contributed by atoms with van der Waals surface area (Å²) in [6.45, 7) is 1.53. The molecule has 0 aromatic heterocycles. The number of halogens is 1. The van der Waals surface area contributed by atoms with Gasteiger partial charge in [0.2, 0.25) is 5.91 Å². The summed E-state index contributed by atoms with van der Waals surface area (Å²) in [6, 6.07) is 12.0. The molecule has 1 fully saturated rings. The SMILES string of the molecule is NCCOc1ccc(NC(=O)c2cc(N3CCCC3=O)ccc2Cl)cc1. The van der Waals surface area contributed by atoms with Gasteiger partial charge < -0.3 is 20.7 Å². The Balaban J connectivity index is 1.74. The van der Waals surface area contributed by atoms with Crippen LogP contribution in [0.15, 0.2) is 42.5 Å². The van der Waals surface area contributed by atoms with Crippen LogP contribution in [0.2, 0.25) is 5.02 Å². The van der Waals surface area contributed by atoms with E-state index in [1.807, 2.05) is 0 Å². The maximum atomic E-state index is 12.6. The molecule has 2 amide bonds. The van der Waals surface area contributed by atoms with Crippen LogP contribution in [0.5, 0.6) is 5.75 Å². The van der Waals surface area contributed by atoms with Gasteiger partial charge in [0.05, 0.1) is 10.6 Å². The third-order valence-corrected chi connectivity index (χ3v) is 4.41. The van der Waals surface area contributed by atoms with Gasteiger partial charge in [0.25, 0.3) is 5.91 Å². The number of rotatable bonds is 6. The van der Waals surface area contributed by atoms with E-state index in [0.717, 1.165) is 6.42 Å². The first-order chi connectivity index (χ1) is 12.6. The predicted molar refractivity (Wildman–Crippen MR) is 102 cm³/mol. The first-order valence-electron chi connectivity index (χ1n) is 8.42. The minimum atomic E-state index is -0.334. The Labute approximate surface area is 156 Å². The smallest absolute Gasteiger partial charge is 0.257 e. The van der Waals surface area contributed by atoms with Crippen molar-refractivity contribution < 1.29 is 14.3 Å². The second-order valence-electron chi connectivity index (χ2n) is 5.93. The van der Waals surface area contributed by atoms with E-state index in [4.69, 9.17) is 22.1 Å². The number of anilines is 2. The Hall–Kier alpha value is -2.57. The first-order valence-corrected chi connectivity index (χ1v) is 8.80. The van der Waals surface area contributed by atoms with E-state index in [-0.39, 0.29) is 11.8 Å². The molecule has 0 atom stereocenters. The van der Waals surface area contributed by atoms with Crippen molar-refractivity contribution in [1.29, 1.82) is 0 Å². The number of nitrogens with two attached hydrogens (primary N) is 1. The van der Waals surface area contributed by atoms with Crippen molar-refractivity contribution >= 4 is 34.8 Å². The van der Waals surface area contributed by atoms with Gasteiger partial charge in [0, 0.05) is 30.9 Å². The Morgan fingerprint density at radius 3 is 2.65 bits per heavy atom. The van der Waals surface area contributed by atoms with Gasteiger partial charge in [0.1, 0.15) is 12.4 Å². The third-order valence-electron chi connectivity index (χ3n) is 4.08. The summed E-state index contributed by atoms with van der Waals surface area (Å²) in [5.41, 5.74) is 7.03. The summed E-state index contributed by atoms with van der Waals surface area (Å²) in [6.07, 6.45) is 1.35. The second-order valence-corrected chi connectivity index (χ2v) is 6.34. The molecule has 3 N–H and O–H groups in total. The molecule has 0 bridgehead atoms.